The lowest BCUT2D eigenvalue weighted by atomic mass is 9.95. The molecule has 1 N–H and O–H groups in total. The Morgan fingerprint density at radius 1 is 1.35 bits per heavy atom. The summed E-state index contributed by atoms with van der Waals surface area (Å²) >= 11 is 1.49. The number of benzene rings is 1. The molecule has 2 aromatic rings. The number of nitrogens with zero attached hydrogens (tertiary/aromatic N) is 2. The molecule has 0 bridgehead atoms. The van der Waals surface area contributed by atoms with Gasteiger partial charge in [-0.05, 0) is 37.3 Å². The van der Waals surface area contributed by atoms with Gasteiger partial charge < -0.3 is 10.0 Å². The van der Waals surface area contributed by atoms with Crippen molar-refractivity contribution in [3.05, 3.63) is 51.0 Å². The number of amides is 1. The third kappa shape index (κ3) is 3.80. The van der Waals surface area contributed by atoms with Crippen molar-refractivity contribution >= 4 is 23.2 Å². The van der Waals surface area contributed by atoms with E-state index in [0.717, 1.165) is 27.6 Å². The van der Waals surface area contributed by atoms with Gasteiger partial charge in [0.1, 0.15) is 4.88 Å². The van der Waals surface area contributed by atoms with Crippen LogP contribution in [0.15, 0.2) is 24.3 Å². The van der Waals surface area contributed by atoms with Gasteiger partial charge >= 0.3 is 5.97 Å². The van der Waals surface area contributed by atoms with Gasteiger partial charge in [0.25, 0.3) is 5.91 Å². The van der Waals surface area contributed by atoms with Crippen LogP contribution in [0.3, 0.4) is 0 Å². The largest absolute Gasteiger partial charge is 0.478 e. The standard InChI is InChI=1S/C20H24N2O3S/c1-12(2)18-21-13(3)17(26-18)19(23)22-9-8-14(11-22)10-15-6-4-5-7-16(15)20(24)25/h4-7,12,14H,8-11H2,1-3H3,(H,24,25). The van der Waals surface area contributed by atoms with Crippen LogP contribution in [0.2, 0.25) is 0 Å². The number of hydrogen-bond acceptors (Lipinski definition) is 4. The maximum absolute atomic E-state index is 12.9. The number of rotatable bonds is 5. The van der Waals surface area contributed by atoms with Crippen molar-refractivity contribution in [1.29, 1.82) is 0 Å². The molecule has 3 rings (SSSR count). The fraction of sp³-hybridized carbons (Fsp3) is 0.450. The molecule has 1 amide bonds. The Balaban J connectivity index is 1.69. The van der Waals surface area contributed by atoms with E-state index < -0.39 is 5.97 Å². The first-order valence-corrected chi connectivity index (χ1v) is 9.76. The number of aryl methyl sites for hydroxylation is 1. The van der Waals surface area contributed by atoms with Crippen molar-refractivity contribution in [2.45, 2.75) is 39.5 Å². The molecular weight excluding hydrogens is 348 g/mol. The Hall–Kier alpha value is -2.21. The highest BCUT2D eigenvalue weighted by Crippen LogP contribution is 2.29. The van der Waals surface area contributed by atoms with E-state index in [9.17, 15) is 14.7 Å². The fourth-order valence-corrected chi connectivity index (χ4v) is 4.45. The molecule has 5 nitrogen and oxygen atoms in total. The van der Waals surface area contributed by atoms with Gasteiger partial charge in [0.2, 0.25) is 0 Å². The topological polar surface area (TPSA) is 70.5 Å². The second-order valence-electron chi connectivity index (χ2n) is 7.19. The maximum Gasteiger partial charge on any atom is 0.335 e. The molecule has 1 aliphatic heterocycles. The molecule has 1 aromatic carbocycles. The predicted molar refractivity (Wildman–Crippen MR) is 102 cm³/mol. The van der Waals surface area contributed by atoms with Crippen LogP contribution in [0, 0.1) is 12.8 Å². The molecule has 138 valence electrons. The highest BCUT2D eigenvalue weighted by Gasteiger charge is 2.30. The van der Waals surface area contributed by atoms with Crippen LogP contribution in [-0.4, -0.2) is 40.0 Å². The first-order chi connectivity index (χ1) is 12.4. The van der Waals surface area contributed by atoms with Gasteiger partial charge in [-0.3, -0.25) is 4.79 Å². The predicted octanol–water partition coefficient (Wildman–Crippen LogP) is 3.98. The molecule has 0 aliphatic carbocycles. The van der Waals surface area contributed by atoms with Crippen LogP contribution in [0.1, 0.15) is 62.5 Å². The number of carboxylic acid groups (broad SMARTS) is 1. The van der Waals surface area contributed by atoms with Crippen LogP contribution >= 0.6 is 11.3 Å². The molecule has 0 radical (unpaired) electrons. The monoisotopic (exact) mass is 372 g/mol. The minimum absolute atomic E-state index is 0.0564. The number of hydrogen-bond donors (Lipinski definition) is 1. The van der Waals surface area contributed by atoms with E-state index in [0.29, 0.717) is 31.0 Å². The molecule has 0 spiro atoms. The third-order valence-corrected chi connectivity index (χ3v) is 6.28. The zero-order valence-corrected chi connectivity index (χ0v) is 16.2. The SMILES string of the molecule is Cc1nc(C(C)C)sc1C(=O)N1CCC(Cc2ccccc2C(=O)O)C1. The number of carbonyl (C=O) groups is 2. The quantitative estimate of drug-likeness (QED) is 0.862. The summed E-state index contributed by atoms with van der Waals surface area (Å²) in [6.07, 6.45) is 1.58. The Morgan fingerprint density at radius 3 is 2.73 bits per heavy atom. The number of thiazole rings is 1. The summed E-state index contributed by atoms with van der Waals surface area (Å²) < 4.78 is 0. The average molecular weight is 372 g/mol. The lowest BCUT2D eigenvalue weighted by molar-refractivity contribution is 0.0694. The molecular formula is C20H24N2O3S. The molecule has 1 fully saturated rings. The van der Waals surface area contributed by atoms with E-state index in [2.05, 4.69) is 18.8 Å². The third-order valence-electron chi connectivity index (χ3n) is 4.83. The van der Waals surface area contributed by atoms with Gasteiger partial charge in [-0.1, -0.05) is 32.0 Å². The Bertz CT molecular complexity index is 828. The Labute approximate surface area is 157 Å². The van der Waals surface area contributed by atoms with Crippen molar-refractivity contribution in [3.63, 3.8) is 0 Å². The first-order valence-electron chi connectivity index (χ1n) is 8.94. The van der Waals surface area contributed by atoms with Gasteiger partial charge in [0, 0.05) is 19.0 Å². The lowest BCUT2D eigenvalue weighted by Crippen LogP contribution is -2.28. The Kier molecular flexibility index (Phi) is 5.41. The van der Waals surface area contributed by atoms with E-state index in [1.807, 2.05) is 24.0 Å². The van der Waals surface area contributed by atoms with E-state index >= 15 is 0 Å². The normalized spacial score (nSPS) is 17.1. The molecule has 1 aromatic heterocycles. The van der Waals surface area contributed by atoms with Crippen LogP contribution in [0.5, 0.6) is 0 Å². The second kappa shape index (κ2) is 7.58. The average Bonchev–Trinajstić information content (AvgIpc) is 3.21. The smallest absolute Gasteiger partial charge is 0.335 e. The summed E-state index contributed by atoms with van der Waals surface area (Å²) in [4.78, 5) is 31.4. The molecule has 1 saturated heterocycles. The van der Waals surface area contributed by atoms with Crippen LogP contribution < -0.4 is 0 Å². The zero-order chi connectivity index (χ0) is 18.8. The molecule has 26 heavy (non-hydrogen) atoms. The minimum Gasteiger partial charge on any atom is -0.478 e. The summed E-state index contributed by atoms with van der Waals surface area (Å²) in [6, 6.07) is 7.13. The van der Waals surface area contributed by atoms with Crippen LogP contribution in [0.25, 0.3) is 0 Å². The van der Waals surface area contributed by atoms with Gasteiger partial charge in [-0.25, -0.2) is 9.78 Å². The molecule has 6 heteroatoms. The summed E-state index contributed by atoms with van der Waals surface area (Å²) in [5, 5.41) is 10.3. The summed E-state index contributed by atoms with van der Waals surface area (Å²) in [6.45, 7) is 7.44. The van der Waals surface area contributed by atoms with Crippen molar-refractivity contribution in [1.82, 2.24) is 9.88 Å². The van der Waals surface area contributed by atoms with Gasteiger partial charge in [0.15, 0.2) is 0 Å². The van der Waals surface area contributed by atoms with Gasteiger partial charge in [-0.15, -0.1) is 11.3 Å². The zero-order valence-electron chi connectivity index (χ0n) is 15.4. The molecule has 0 saturated carbocycles. The second-order valence-corrected chi connectivity index (χ2v) is 8.22. The number of aromatic carboxylic acids is 1. The van der Waals surface area contributed by atoms with Crippen molar-refractivity contribution in [2.24, 2.45) is 5.92 Å². The van der Waals surface area contributed by atoms with E-state index in [4.69, 9.17) is 0 Å². The van der Waals surface area contributed by atoms with Crippen molar-refractivity contribution in [2.75, 3.05) is 13.1 Å². The number of carboxylic acids is 1. The highest BCUT2D eigenvalue weighted by molar-refractivity contribution is 7.13. The molecule has 1 aliphatic rings. The number of aromatic nitrogens is 1. The minimum atomic E-state index is -0.895. The van der Waals surface area contributed by atoms with Crippen LogP contribution in [0.4, 0.5) is 0 Å². The van der Waals surface area contributed by atoms with Gasteiger partial charge in [-0.2, -0.15) is 0 Å². The van der Waals surface area contributed by atoms with E-state index in [-0.39, 0.29) is 11.8 Å². The van der Waals surface area contributed by atoms with Crippen LogP contribution in [-0.2, 0) is 6.42 Å². The van der Waals surface area contributed by atoms with Gasteiger partial charge in [0.05, 0.1) is 16.3 Å². The number of likely N-dealkylation sites (tertiary alicyclic amines) is 1. The van der Waals surface area contributed by atoms with E-state index in [1.54, 1.807) is 12.1 Å². The lowest BCUT2D eigenvalue weighted by Gasteiger charge is -2.16. The summed E-state index contributed by atoms with van der Waals surface area (Å²) in [5.74, 6) is -0.231. The molecule has 1 atom stereocenters. The number of carbonyl (C=O) groups excluding carboxylic acids is 1. The summed E-state index contributed by atoms with van der Waals surface area (Å²) in [5.41, 5.74) is 2.01. The Morgan fingerprint density at radius 2 is 2.08 bits per heavy atom. The first kappa shape index (κ1) is 18.6. The van der Waals surface area contributed by atoms with E-state index in [1.165, 1.54) is 11.3 Å². The molecule has 2 heterocycles. The van der Waals surface area contributed by atoms with Crippen molar-refractivity contribution < 1.29 is 14.7 Å². The highest BCUT2D eigenvalue weighted by atomic mass is 32.1. The molecule has 1 unspecified atom stereocenters. The fourth-order valence-electron chi connectivity index (χ4n) is 3.41. The summed E-state index contributed by atoms with van der Waals surface area (Å²) in [7, 11) is 0. The van der Waals surface area contributed by atoms with Crippen molar-refractivity contribution in [3.8, 4) is 0 Å². The maximum atomic E-state index is 12.9.